The number of rotatable bonds is 6. The average molecular weight is 457 g/mol. The van der Waals surface area contributed by atoms with E-state index in [0.29, 0.717) is 29.4 Å². The smallest absolute Gasteiger partial charge is 0.313 e. The van der Waals surface area contributed by atoms with E-state index < -0.39 is 11.8 Å². The maximum Gasteiger partial charge on any atom is 0.313 e. The largest absolute Gasteiger partial charge is 0.347 e. The molecule has 0 bridgehead atoms. The zero-order chi connectivity index (χ0) is 22.4. The van der Waals surface area contributed by atoms with Crippen molar-refractivity contribution in [3.8, 4) is 10.6 Å². The Morgan fingerprint density at radius 2 is 1.55 bits per heavy atom. The Morgan fingerprint density at radius 3 is 2.16 bits per heavy atom. The number of aryl methyl sites for hydroxylation is 1. The lowest BCUT2D eigenvalue weighted by Gasteiger charge is -2.07. The summed E-state index contributed by atoms with van der Waals surface area (Å²) >= 11 is 7.48. The fourth-order valence-electron chi connectivity index (χ4n) is 2.77. The van der Waals surface area contributed by atoms with Gasteiger partial charge in [0.25, 0.3) is 0 Å². The third-order valence-electron chi connectivity index (χ3n) is 4.29. The van der Waals surface area contributed by atoms with Gasteiger partial charge in [0.2, 0.25) is 5.91 Å². The second-order valence-corrected chi connectivity index (χ2v) is 8.27. The highest BCUT2D eigenvalue weighted by Crippen LogP contribution is 2.29. The molecule has 0 unspecified atom stereocenters. The number of aromatic nitrogens is 1. The van der Waals surface area contributed by atoms with Gasteiger partial charge in [-0.25, -0.2) is 4.98 Å². The summed E-state index contributed by atoms with van der Waals surface area (Å²) in [5.41, 5.74) is 2.94. The molecule has 3 amide bonds. The zero-order valence-electron chi connectivity index (χ0n) is 17.0. The lowest BCUT2D eigenvalue weighted by Crippen LogP contribution is -2.36. The molecule has 0 spiro atoms. The van der Waals surface area contributed by atoms with E-state index in [-0.39, 0.29) is 5.91 Å². The number of amides is 3. The molecule has 0 radical (unpaired) electrons. The molecule has 3 rings (SSSR count). The number of carbonyl (C=O) groups excluding carboxylic acids is 3. The second-order valence-electron chi connectivity index (χ2n) is 6.75. The minimum absolute atomic E-state index is 0.187. The molecule has 3 aromatic rings. The van der Waals surface area contributed by atoms with Crippen LogP contribution in [0.5, 0.6) is 0 Å². The number of hydrogen-bond acceptors (Lipinski definition) is 5. The molecule has 0 fully saturated rings. The summed E-state index contributed by atoms with van der Waals surface area (Å²) in [6.07, 6.45) is 0.571. The van der Waals surface area contributed by atoms with Gasteiger partial charge >= 0.3 is 11.8 Å². The van der Waals surface area contributed by atoms with Gasteiger partial charge in [-0.1, -0.05) is 23.7 Å². The van der Waals surface area contributed by atoms with Crippen molar-refractivity contribution in [1.82, 2.24) is 10.3 Å². The van der Waals surface area contributed by atoms with Crippen LogP contribution in [0.25, 0.3) is 10.6 Å². The fourth-order valence-corrected chi connectivity index (χ4v) is 3.97. The van der Waals surface area contributed by atoms with Crippen LogP contribution in [0, 0.1) is 6.92 Å². The van der Waals surface area contributed by atoms with E-state index in [2.05, 4.69) is 20.9 Å². The lowest BCUT2D eigenvalue weighted by atomic mass is 10.2. The van der Waals surface area contributed by atoms with E-state index in [1.54, 1.807) is 35.6 Å². The summed E-state index contributed by atoms with van der Waals surface area (Å²) in [7, 11) is 0. The van der Waals surface area contributed by atoms with Gasteiger partial charge in [-0.2, -0.15) is 0 Å². The van der Waals surface area contributed by atoms with Crippen molar-refractivity contribution in [2.45, 2.75) is 20.3 Å². The first-order valence-electron chi connectivity index (χ1n) is 9.51. The first-order chi connectivity index (χ1) is 14.8. The molecule has 9 heteroatoms. The Hall–Kier alpha value is -3.23. The summed E-state index contributed by atoms with van der Waals surface area (Å²) in [6, 6.07) is 14.0. The van der Waals surface area contributed by atoms with Crippen LogP contribution in [0.2, 0.25) is 5.02 Å². The van der Waals surface area contributed by atoms with Gasteiger partial charge in [-0.05, 0) is 43.3 Å². The molecule has 0 saturated carbocycles. The first kappa shape index (κ1) is 22.5. The summed E-state index contributed by atoms with van der Waals surface area (Å²) in [5.74, 6) is -1.66. The number of carbonyl (C=O) groups is 3. The van der Waals surface area contributed by atoms with Crippen LogP contribution in [-0.4, -0.2) is 29.3 Å². The van der Waals surface area contributed by atoms with E-state index in [1.807, 2.05) is 31.2 Å². The van der Waals surface area contributed by atoms with Crippen molar-refractivity contribution in [2.75, 3.05) is 17.2 Å². The number of halogens is 1. The topological polar surface area (TPSA) is 100 Å². The standard InChI is InChI=1S/C22H21ClN4O3S/c1-13-19(31-22(25-13)15-3-5-16(23)6-4-15)11-12-24-20(29)21(30)27-18-9-7-17(8-10-18)26-14(2)28/h3-10H,11-12H2,1-2H3,(H,24,29)(H,26,28)(H,27,30). The van der Waals surface area contributed by atoms with Crippen molar-refractivity contribution in [2.24, 2.45) is 0 Å². The Balaban J connectivity index is 1.50. The summed E-state index contributed by atoms with van der Waals surface area (Å²) in [6.45, 7) is 3.65. The Kier molecular flexibility index (Phi) is 7.38. The molecule has 0 aliphatic heterocycles. The van der Waals surface area contributed by atoms with Crippen molar-refractivity contribution >= 4 is 52.0 Å². The van der Waals surface area contributed by atoms with Crippen LogP contribution in [0.3, 0.4) is 0 Å². The van der Waals surface area contributed by atoms with E-state index in [9.17, 15) is 14.4 Å². The Labute approximate surface area is 188 Å². The molecular weight excluding hydrogens is 436 g/mol. The van der Waals surface area contributed by atoms with Gasteiger partial charge < -0.3 is 16.0 Å². The van der Waals surface area contributed by atoms with Gasteiger partial charge in [0.05, 0.1) is 5.69 Å². The fraction of sp³-hybridized carbons (Fsp3) is 0.182. The molecule has 0 aliphatic rings. The van der Waals surface area contributed by atoms with Gasteiger partial charge in [0.1, 0.15) is 5.01 Å². The van der Waals surface area contributed by atoms with E-state index >= 15 is 0 Å². The monoisotopic (exact) mass is 456 g/mol. The number of benzene rings is 2. The predicted octanol–water partition coefficient (Wildman–Crippen LogP) is 4.03. The number of nitrogens with one attached hydrogen (secondary N) is 3. The average Bonchev–Trinajstić information content (AvgIpc) is 3.10. The lowest BCUT2D eigenvalue weighted by molar-refractivity contribution is -0.136. The highest BCUT2D eigenvalue weighted by molar-refractivity contribution is 7.15. The van der Waals surface area contributed by atoms with Crippen LogP contribution in [0.4, 0.5) is 11.4 Å². The van der Waals surface area contributed by atoms with Crippen molar-refractivity contribution in [3.05, 3.63) is 64.1 Å². The molecule has 160 valence electrons. The quantitative estimate of drug-likeness (QED) is 0.487. The van der Waals surface area contributed by atoms with Crippen LogP contribution in [-0.2, 0) is 20.8 Å². The van der Waals surface area contributed by atoms with E-state index in [4.69, 9.17) is 11.6 Å². The van der Waals surface area contributed by atoms with Crippen LogP contribution in [0.1, 0.15) is 17.5 Å². The maximum absolute atomic E-state index is 12.1. The SMILES string of the molecule is CC(=O)Nc1ccc(NC(=O)C(=O)NCCc2sc(-c3ccc(Cl)cc3)nc2C)cc1. The molecule has 2 aromatic carbocycles. The molecular formula is C22H21ClN4O3S. The normalized spacial score (nSPS) is 10.4. The van der Waals surface area contributed by atoms with Crippen LogP contribution >= 0.6 is 22.9 Å². The van der Waals surface area contributed by atoms with Crippen molar-refractivity contribution < 1.29 is 14.4 Å². The zero-order valence-corrected chi connectivity index (χ0v) is 18.6. The van der Waals surface area contributed by atoms with Crippen molar-refractivity contribution in [1.29, 1.82) is 0 Å². The third-order valence-corrected chi connectivity index (χ3v) is 5.81. The van der Waals surface area contributed by atoms with Gasteiger partial charge in [0, 0.05) is 46.7 Å². The molecule has 31 heavy (non-hydrogen) atoms. The maximum atomic E-state index is 12.1. The second kappa shape index (κ2) is 10.2. The molecule has 1 aromatic heterocycles. The summed E-state index contributed by atoms with van der Waals surface area (Å²) < 4.78 is 0. The molecule has 0 saturated heterocycles. The van der Waals surface area contributed by atoms with Crippen LogP contribution in [0.15, 0.2) is 48.5 Å². The predicted molar refractivity (Wildman–Crippen MR) is 123 cm³/mol. The minimum Gasteiger partial charge on any atom is -0.347 e. The number of hydrogen-bond donors (Lipinski definition) is 3. The highest BCUT2D eigenvalue weighted by Gasteiger charge is 2.15. The van der Waals surface area contributed by atoms with Crippen molar-refractivity contribution in [3.63, 3.8) is 0 Å². The summed E-state index contributed by atoms with van der Waals surface area (Å²) in [5, 5.41) is 9.34. The number of anilines is 2. The van der Waals surface area contributed by atoms with E-state index in [0.717, 1.165) is 21.1 Å². The molecule has 0 aliphatic carbocycles. The van der Waals surface area contributed by atoms with Gasteiger partial charge in [0.15, 0.2) is 0 Å². The number of nitrogens with zero attached hydrogens (tertiary/aromatic N) is 1. The van der Waals surface area contributed by atoms with Gasteiger partial charge in [-0.15, -0.1) is 11.3 Å². The molecule has 0 atom stereocenters. The number of thiazole rings is 1. The van der Waals surface area contributed by atoms with Crippen LogP contribution < -0.4 is 16.0 Å². The first-order valence-corrected chi connectivity index (χ1v) is 10.7. The third kappa shape index (κ3) is 6.37. The summed E-state index contributed by atoms with van der Waals surface area (Å²) in [4.78, 5) is 40.8. The molecule has 1 heterocycles. The van der Waals surface area contributed by atoms with Gasteiger partial charge in [-0.3, -0.25) is 14.4 Å². The highest BCUT2D eigenvalue weighted by atomic mass is 35.5. The molecule has 3 N–H and O–H groups in total. The Bertz CT molecular complexity index is 1090. The minimum atomic E-state index is -0.754. The Morgan fingerprint density at radius 1 is 0.935 bits per heavy atom. The van der Waals surface area contributed by atoms with E-state index in [1.165, 1.54) is 6.92 Å². The molecule has 7 nitrogen and oxygen atoms in total.